The minimum atomic E-state index is -0.479. The Labute approximate surface area is 173 Å². The SMILES string of the molecule is Cc1ccc(C2=C(O)C(=O)N(Cc3ccc(F)cc3)C2c2ccc(Cl)cc2)cc1. The number of aliphatic hydroxyl groups is 1. The Balaban J connectivity index is 1.80. The Hall–Kier alpha value is -3.11. The molecule has 0 fully saturated rings. The number of aryl methyl sites for hydroxylation is 1. The van der Waals surface area contributed by atoms with Crippen molar-refractivity contribution in [2.75, 3.05) is 0 Å². The molecule has 1 aliphatic heterocycles. The topological polar surface area (TPSA) is 40.5 Å². The van der Waals surface area contributed by atoms with E-state index in [0.717, 1.165) is 22.3 Å². The van der Waals surface area contributed by atoms with Crippen molar-refractivity contribution in [1.29, 1.82) is 0 Å². The summed E-state index contributed by atoms with van der Waals surface area (Å²) in [6, 6.07) is 20.5. The van der Waals surface area contributed by atoms with Crippen LogP contribution in [0.1, 0.15) is 28.3 Å². The molecular weight excluding hydrogens is 389 g/mol. The second kappa shape index (κ2) is 7.72. The summed E-state index contributed by atoms with van der Waals surface area (Å²) < 4.78 is 13.3. The summed E-state index contributed by atoms with van der Waals surface area (Å²) in [5, 5.41) is 11.4. The van der Waals surface area contributed by atoms with Gasteiger partial charge in [0.25, 0.3) is 5.91 Å². The average molecular weight is 408 g/mol. The molecule has 1 heterocycles. The van der Waals surface area contributed by atoms with E-state index < -0.39 is 11.9 Å². The Morgan fingerprint density at radius 2 is 1.59 bits per heavy atom. The first-order valence-corrected chi connectivity index (χ1v) is 9.63. The van der Waals surface area contributed by atoms with Gasteiger partial charge in [-0.3, -0.25) is 4.79 Å². The van der Waals surface area contributed by atoms with Crippen LogP contribution in [0.5, 0.6) is 0 Å². The summed E-state index contributed by atoms with van der Waals surface area (Å²) in [5.41, 5.74) is 4.04. The van der Waals surface area contributed by atoms with E-state index in [2.05, 4.69) is 0 Å². The molecule has 0 saturated carbocycles. The highest BCUT2D eigenvalue weighted by molar-refractivity contribution is 6.30. The number of hydrogen-bond donors (Lipinski definition) is 1. The number of benzene rings is 3. The molecule has 1 aliphatic rings. The molecule has 1 N–H and O–H groups in total. The van der Waals surface area contributed by atoms with E-state index in [1.807, 2.05) is 43.3 Å². The Kier molecular flexibility index (Phi) is 5.12. The maximum atomic E-state index is 13.3. The van der Waals surface area contributed by atoms with Gasteiger partial charge in [0.1, 0.15) is 5.82 Å². The standard InChI is InChI=1S/C24H19ClFNO2/c1-15-2-6-17(7-3-15)21-22(18-8-10-19(25)11-9-18)27(24(29)23(21)28)14-16-4-12-20(26)13-5-16/h2-13,22,28H,14H2,1H3. The van der Waals surface area contributed by atoms with Gasteiger partial charge in [0.15, 0.2) is 5.76 Å². The molecule has 5 heteroatoms. The van der Waals surface area contributed by atoms with Crippen LogP contribution in [0.4, 0.5) is 4.39 Å². The van der Waals surface area contributed by atoms with E-state index in [1.165, 1.54) is 12.1 Å². The Bertz CT molecular complexity index is 1070. The van der Waals surface area contributed by atoms with E-state index in [0.29, 0.717) is 10.6 Å². The van der Waals surface area contributed by atoms with Gasteiger partial charge in [0.2, 0.25) is 0 Å². The van der Waals surface area contributed by atoms with Gasteiger partial charge in [-0.1, -0.05) is 65.7 Å². The van der Waals surface area contributed by atoms with Crippen molar-refractivity contribution in [2.24, 2.45) is 0 Å². The van der Waals surface area contributed by atoms with Crippen LogP contribution in [0.3, 0.4) is 0 Å². The Morgan fingerprint density at radius 3 is 2.21 bits per heavy atom. The predicted molar refractivity (Wildman–Crippen MR) is 112 cm³/mol. The van der Waals surface area contributed by atoms with E-state index in [-0.39, 0.29) is 18.1 Å². The minimum Gasteiger partial charge on any atom is -0.503 e. The zero-order chi connectivity index (χ0) is 20.5. The molecule has 0 bridgehead atoms. The van der Waals surface area contributed by atoms with Crippen LogP contribution in [0.15, 0.2) is 78.6 Å². The van der Waals surface area contributed by atoms with Crippen LogP contribution in [-0.2, 0) is 11.3 Å². The molecule has 29 heavy (non-hydrogen) atoms. The summed E-state index contributed by atoms with van der Waals surface area (Å²) in [5.74, 6) is -1.06. The summed E-state index contributed by atoms with van der Waals surface area (Å²) in [6.45, 7) is 2.22. The fourth-order valence-electron chi connectivity index (χ4n) is 3.62. The number of amides is 1. The van der Waals surface area contributed by atoms with E-state index >= 15 is 0 Å². The summed E-state index contributed by atoms with van der Waals surface area (Å²) in [6.07, 6.45) is 0. The minimum absolute atomic E-state index is 0.242. The lowest BCUT2D eigenvalue weighted by molar-refractivity contribution is -0.130. The molecule has 3 nitrogen and oxygen atoms in total. The third-order valence-corrected chi connectivity index (χ3v) is 5.37. The number of aliphatic hydroxyl groups excluding tert-OH is 1. The van der Waals surface area contributed by atoms with E-state index in [4.69, 9.17) is 11.6 Å². The van der Waals surface area contributed by atoms with Crippen LogP contribution < -0.4 is 0 Å². The first kappa shape index (κ1) is 19.2. The van der Waals surface area contributed by atoms with Crippen molar-refractivity contribution in [1.82, 2.24) is 4.90 Å². The van der Waals surface area contributed by atoms with Gasteiger partial charge in [-0.15, -0.1) is 0 Å². The second-order valence-electron chi connectivity index (χ2n) is 7.14. The predicted octanol–water partition coefficient (Wildman–Crippen LogP) is 5.84. The molecule has 3 aromatic rings. The molecule has 146 valence electrons. The lowest BCUT2D eigenvalue weighted by Gasteiger charge is -2.27. The van der Waals surface area contributed by atoms with Crippen molar-refractivity contribution in [3.05, 3.63) is 112 Å². The van der Waals surface area contributed by atoms with Gasteiger partial charge in [-0.05, 0) is 47.9 Å². The molecular formula is C24H19ClFNO2. The van der Waals surface area contributed by atoms with Crippen LogP contribution in [0.2, 0.25) is 5.02 Å². The third-order valence-electron chi connectivity index (χ3n) is 5.12. The quantitative estimate of drug-likeness (QED) is 0.590. The molecule has 0 aliphatic carbocycles. The van der Waals surface area contributed by atoms with E-state index in [9.17, 15) is 14.3 Å². The van der Waals surface area contributed by atoms with Crippen LogP contribution in [0, 0.1) is 12.7 Å². The average Bonchev–Trinajstić information content (AvgIpc) is 2.96. The van der Waals surface area contributed by atoms with Crippen molar-refractivity contribution in [3.8, 4) is 0 Å². The van der Waals surface area contributed by atoms with Gasteiger partial charge >= 0.3 is 0 Å². The molecule has 1 unspecified atom stereocenters. The smallest absolute Gasteiger partial charge is 0.290 e. The molecule has 3 aromatic carbocycles. The van der Waals surface area contributed by atoms with Gasteiger partial charge in [-0.2, -0.15) is 0 Å². The first-order valence-electron chi connectivity index (χ1n) is 9.25. The van der Waals surface area contributed by atoms with Crippen LogP contribution in [0.25, 0.3) is 5.57 Å². The molecule has 0 spiro atoms. The number of carbonyl (C=O) groups is 1. The van der Waals surface area contributed by atoms with Crippen molar-refractivity contribution in [2.45, 2.75) is 19.5 Å². The summed E-state index contributed by atoms with van der Waals surface area (Å²) in [7, 11) is 0. The zero-order valence-corrected chi connectivity index (χ0v) is 16.5. The summed E-state index contributed by atoms with van der Waals surface area (Å²) in [4.78, 5) is 14.6. The molecule has 0 saturated heterocycles. The first-order chi connectivity index (χ1) is 13.9. The maximum Gasteiger partial charge on any atom is 0.290 e. The van der Waals surface area contributed by atoms with Gasteiger partial charge in [0, 0.05) is 17.1 Å². The maximum absolute atomic E-state index is 13.3. The zero-order valence-electron chi connectivity index (χ0n) is 15.8. The highest BCUT2D eigenvalue weighted by Crippen LogP contribution is 2.43. The van der Waals surface area contributed by atoms with Crippen molar-refractivity contribution < 1.29 is 14.3 Å². The number of nitrogens with zero attached hydrogens (tertiary/aromatic N) is 1. The lowest BCUT2D eigenvalue weighted by Crippen LogP contribution is -2.29. The van der Waals surface area contributed by atoms with E-state index in [1.54, 1.807) is 29.2 Å². The van der Waals surface area contributed by atoms with Gasteiger partial charge in [0.05, 0.1) is 6.04 Å². The van der Waals surface area contributed by atoms with Crippen LogP contribution in [-0.4, -0.2) is 15.9 Å². The fourth-order valence-corrected chi connectivity index (χ4v) is 3.75. The largest absolute Gasteiger partial charge is 0.503 e. The fraction of sp³-hybridized carbons (Fsp3) is 0.125. The molecule has 1 amide bonds. The highest BCUT2D eigenvalue weighted by atomic mass is 35.5. The normalized spacial score (nSPS) is 16.6. The molecule has 1 atom stereocenters. The summed E-state index contributed by atoms with van der Waals surface area (Å²) >= 11 is 6.05. The van der Waals surface area contributed by atoms with Crippen LogP contribution >= 0.6 is 11.6 Å². The monoisotopic (exact) mass is 407 g/mol. The number of halogens is 2. The molecule has 4 rings (SSSR count). The van der Waals surface area contributed by atoms with Gasteiger partial charge < -0.3 is 10.0 Å². The van der Waals surface area contributed by atoms with Crippen molar-refractivity contribution >= 4 is 23.1 Å². The number of hydrogen-bond acceptors (Lipinski definition) is 2. The van der Waals surface area contributed by atoms with Gasteiger partial charge in [-0.25, -0.2) is 4.39 Å². The number of rotatable bonds is 4. The highest BCUT2D eigenvalue weighted by Gasteiger charge is 2.40. The number of carbonyl (C=O) groups excluding carboxylic acids is 1. The molecule has 0 radical (unpaired) electrons. The molecule has 0 aromatic heterocycles. The van der Waals surface area contributed by atoms with Crippen molar-refractivity contribution in [3.63, 3.8) is 0 Å². The Morgan fingerprint density at radius 1 is 0.966 bits per heavy atom. The lowest BCUT2D eigenvalue weighted by atomic mass is 9.93. The third kappa shape index (κ3) is 3.76. The second-order valence-corrected chi connectivity index (χ2v) is 7.58.